The van der Waals surface area contributed by atoms with Gasteiger partial charge in [-0.1, -0.05) is 30.3 Å². The fourth-order valence-electron chi connectivity index (χ4n) is 4.01. The number of nitrogens with zero attached hydrogens (tertiary/aromatic N) is 3. The number of likely N-dealkylation sites (tertiary alicyclic amines) is 1. The van der Waals surface area contributed by atoms with Crippen LogP contribution in [0.25, 0.3) is 33.3 Å². The number of nitrogens with one attached hydrogen (secondary N) is 1. The van der Waals surface area contributed by atoms with Crippen LogP contribution in [0.5, 0.6) is 5.88 Å². The van der Waals surface area contributed by atoms with Crippen LogP contribution in [-0.4, -0.2) is 52.4 Å². The van der Waals surface area contributed by atoms with E-state index in [1.807, 2.05) is 48.5 Å². The van der Waals surface area contributed by atoms with Crippen molar-refractivity contribution in [1.29, 1.82) is 0 Å². The zero-order chi connectivity index (χ0) is 19.6. The highest BCUT2D eigenvalue weighted by molar-refractivity contribution is 6.04. The van der Waals surface area contributed by atoms with Crippen molar-refractivity contribution in [2.24, 2.45) is 0 Å². The lowest BCUT2D eigenvalue weighted by atomic mass is 10.1. The molecule has 6 nitrogen and oxygen atoms in total. The Bertz CT molecular complexity index is 1180. The lowest BCUT2D eigenvalue weighted by molar-refractivity contribution is 0.112. The van der Waals surface area contributed by atoms with Gasteiger partial charge in [-0.2, -0.15) is 4.98 Å². The van der Waals surface area contributed by atoms with Gasteiger partial charge in [0.05, 0.1) is 22.2 Å². The SMILES string of the molecule is O=Cc1c(-c2nc(OCCN3CCCC3)c3ccccc3n2)[nH]c2ccccc12. The number of hydrogen-bond donors (Lipinski definition) is 1. The predicted octanol–water partition coefficient (Wildman–Crippen LogP) is 4.07. The molecule has 2 aromatic heterocycles. The number of carbonyl (C=O) groups is 1. The Morgan fingerprint density at radius 3 is 2.59 bits per heavy atom. The molecule has 1 aliphatic rings. The van der Waals surface area contributed by atoms with E-state index in [2.05, 4.69) is 9.88 Å². The van der Waals surface area contributed by atoms with Gasteiger partial charge in [0.2, 0.25) is 5.88 Å². The van der Waals surface area contributed by atoms with Crippen molar-refractivity contribution < 1.29 is 9.53 Å². The number of H-pyrrole nitrogens is 1. The van der Waals surface area contributed by atoms with Crippen molar-refractivity contribution in [3.8, 4) is 17.4 Å². The summed E-state index contributed by atoms with van der Waals surface area (Å²) in [6.07, 6.45) is 3.38. The number of para-hydroxylation sites is 2. The number of aldehydes is 1. The number of fused-ring (bicyclic) bond motifs is 2. The van der Waals surface area contributed by atoms with Crippen LogP contribution in [0, 0.1) is 0 Å². The number of rotatable bonds is 6. The molecule has 1 saturated heterocycles. The van der Waals surface area contributed by atoms with Crippen LogP contribution < -0.4 is 4.74 Å². The van der Waals surface area contributed by atoms with E-state index in [-0.39, 0.29) is 0 Å². The maximum atomic E-state index is 11.8. The molecule has 1 fully saturated rings. The molecule has 1 aliphatic heterocycles. The van der Waals surface area contributed by atoms with E-state index in [1.165, 1.54) is 12.8 Å². The first-order chi connectivity index (χ1) is 14.3. The Kier molecular flexibility index (Phi) is 4.69. The van der Waals surface area contributed by atoms with Crippen molar-refractivity contribution >= 4 is 28.1 Å². The molecule has 1 N–H and O–H groups in total. The second-order valence-corrected chi connectivity index (χ2v) is 7.34. The molecule has 0 spiro atoms. The highest BCUT2D eigenvalue weighted by Crippen LogP contribution is 2.31. The number of carbonyl (C=O) groups excluding carboxylic acids is 1. The lowest BCUT2D eigenvalue weighted by Crippen LogP contribution is -2.25. The summed E-state index contributed by atoms with van der Waals surface area (Å²) in [5, 5.41) is 1.74. The van der Waals surface area contributed by atoms with Crippen molar-refractivity contribution in [3.05, 3.63) is 54.1 Å². The molecular formula is C23H22N4O2. The monoisotopic (exact) mass is 386 g/mol. The van der Waals surface area contributed by atoms with Crippen LogP contribution >= 0.6 is 0 Å². The Morgan fingerprint density at radius 2 is 1.76 bits per heavy atom. The third-order valence-electron chi connectivity index (χ3n) is 5.50. The van der Waals surface area contributed by atoms with Crippen LogP contribution in [0.1, 0.15) is 23.2 Å². The first-order valence-corrected chi connectivity index (χ1v) is 10.0. The molecule has 0 saturated carbocycles. The third kappa shape index (κ3) is 3.36. The standard InChI is InChI=1S/C23H22N4O2/c28-15-18-16-7-1-3-9-19(16)24-21(18)22-25-20-10-4-2-8-17(20)23(26-22)29-14-13-27-11-5-6-12-27/h1-4,7-10,15,24H,5-6,11-14H2. The minimum atomic E-state index is 0.471. The quantitative estimate of drug-likeness (QED) is 0.506. The molecule has 0 aliphatic carbocycles. The lowest BCUT2D eigenvalue weighted by Gasteiger charge is -2.15. The molecule has 0 bridgehead atoms. The van der Waals surface area contributed by atoms with Gasteiger partial charge in [0.15, 0.2) is 12.1 Å². The minimum absolute atomic E-state index is 0.471. The largest absolute Gasteiger partial charge is 0.476 e. The number of benzene rings is 2. The van der Waals surface area contributed by atoms with Crippen molar-refractivity contribution in [2.75, 3.05) is 26.2 Å². The van der Waals surface area contributed by atoms with Gasteiger partial charge < -0.3 is 9.72 Å². The Hall–Kier alpha value is -3.25. The highest BCUT2D eigenvalue weighted by Gasteiger charge is 2.18. The number of ether oxygens (including phenoxy) is 1. The molecule has 0 unspecified atom stereocenters. The average Bonchev–Trinajstić information content (AvgIpc) is 3.41. The molecule has 0 amide bonds. The highest BCUT2D eigenvalue weighted by atomic mass is 16.5. The van der Waals surface area contributed by atoms with Crippen LogP contribution in [0.2, 0.25) is 0 Å². The van der Waals surface area contributed by atoms with E-state index >= 15 is 0 Å². The Balaban J connectivity index is 1.55. The molecule has 3 heterocycles. The van der Waals surface area contributed by atoms with Gasteiger partial charge in [-0.05, 0) is 44.1 Å². The summed E-state index contributed by atoms with van der Waals surface area (Å²) in [6, 6.07) is 15.5. The molecule has 0 atom stereocenters. The fourth-order valence-corrected chi connectivity index (χ4v) is 4.01. The van der Waals surface area contributed by atoms with E-state index in [4.69, 9.17) is 14.7 Å². The van der Waals surface area contributed by atoms with Gasteiger partial charge in [-0.25, -0.2) is 4.98 Å². The molecule has 2 aromatic carbocycles. The molecule has 6 heteroatoms. The molecule has 146 valence electrons. The van der Waals surface area contributed by atoms with Crippen LogP contribution in [0.4, 0.5) is 0 Å². The zero-order valence-electron chi connectivity index (χ0n) is 16.1. The van der Waals surface area contributed by atoms with E-state index in [1.54, 1.807) is 0 Å². The number of aromatic amines is 1. The fraction of sp³-hybridized carbons (Fsp3) is 0.261. The minimum Gasteiger partial charge on any atom is -0.476 e. The summed E-state index contributed by atoms with van der Waals surface area (Å²) < 4.78 is 6.10. The number of aromatic nitrogens is 3. The normalized spacial score (nSPS) is 14.6. The third-order valence-corrected chi connectivity index (χ3v) is 5.50. The smallest absolute Gasteiger partial charge is 0.225 e. The second kappa shape index (κ2) is 7.64. The first-order valence-electron chi connectivity index (χ1n) is 10.0. The molecule has 29 heavy (non-hydrogen) atoms. The topological polar surface area (TPSA) is 71.1 Å². The predicted molar refractivity (Wildman–Crippen MR) is 113 cm³/mol. The van der Waals surface area contributed by atoms with Crippen molar-refractivity contribution in [3.63, 3.8) is 0 Å². The molecule has 5 rings (SSSR count). The maximum Gasteiger partial charge on any atom is 0.225 e. The van der Waals surface area contributed by atoms with Gasteiger partial charge in [0, 0.05) is 17.4 Å². The molecule has 4 aromatic rings. The van der Waals surface area contributed by atoms with Crippen LogP contribution in [-0.2, 0) is 0 Å². The van der Waals surface area contributed by atoms with Gasteiger partial charge >= 0.3 is 0 Å². The summed E-state index contributed by atoms with van der Waals surface area (Å²) in [6.45, 7) is 3.74. The Labute approximate surface area is 168 Å². The van der Waals surface area contributed by atoms with Crippen LogP contribution in [0.3, 0.4) is 0 Å². The summed E-state index contributed by atoms with van der Waals surface area (Å²) in [5.74, 6) is 1.03. The first kappa shape index (κ1) is 17.8. The van der Waals surface area contributed by atoms with Gasteiger partial charge in [-0.3, -0.25) is 9.69 Å². The van der Waals surface area contributed by atoms with E-state index in [0.29, 0.717) is 29.6 Å². The second-order valence-electron chi connectivity index (χ2n) is 7.34. The summed E-state index contributed by atoms with van der Waals surface area (Å²) in [7, 11) is 0. The van der Waals surface area contributed by atoms with Gasteiger partial charge in [-0.15, -0.1) is 0 Å². The maximum absolute atomic E-state index is 11.8. The summed E-state index contributed by atoms with van der Waals surface area (Å²) in [4.78, 5) is 26.9. The average molecular weight is 386 g/mol. The number of hydrogen-bond acceptors (Lipinski definition) is 5. The summed E-state index contributed by atoms with van der Waals surface area (Å²) >= 11 is 0. The molecular weight excluding hydrogens is 364 g/mol. The summed E-state index contributed by atoms with van der Waals surface area (Å²) in [5.41, 5.74) is 2.87. The van der Waals surface area contributed by atoms with Gasteiger partial charge in [0.1, 0.15) is 6.61 Å². The van der Waals surface area contributed by atoms with E-state index in [0.717, 1.165) is 47.7 Å². The van der Waals surface area contributed by atoms with E-state index < -0.39 is 0 Å². The van der Waals surface area contributed by atoms with Crippen LogP contribution in [0.15, 0.2) is 48.5 Å². The van der Waals surface area contributed by atoms with E-state index in [9.17, 15) is 4.79 Å². The van der Waals surface area contributed by atoms with Crippen molar-refractivity contribution in [2.45, 2.75) is 12.8 Å². The zero-order valence-corrected chi connectivity index (χ0v) is 16.1. The van der Waals surface area contributed by atoms with Crippen molar-refractivity contribution in [1.82, 2.24) is 19.9 Å². The van der Waals surface area contributed by atoms with Gasteiger partial charge in [0.25, 0.3) is 0 Å². The Morgan fingerprint density at radius 1 is 1.00 bits per heavy atom. The molecule has 0 radical (unpaired) electrons.